The number of hydrogen-bond acceptors (Lipinski definition) is 6. The first-order valence-electron chi connectivity index (χ1n) is 23.9. The molecular weight excluding hydrogens is 745 g/mol. The Bertz CT molecular complexity index is 1280. The first kappa shape index (κ1) is 56.1. The minimum absolute atomic E-state index is 0.121. The summed E-state index contributed by atoms with van der Waals surface area (Å²) in [5.74, 6) is -1.05. The fourth-order valence-corrected chi connectivity index (χ4v) is 5.91. The summed E-state index contributed by atoms with van der Waals surface area (Å²) in [5.41, 5.74) is 0. The molecule has 0 aromatic heterocycles. The van der Waals surface area contributed by atoms with Gasteiger partial charge in [0.15, 0.2) is 6.10 Å². The maximum absolute atomic E-state index is 12.7. The van der Waals surface area contributed by atoms with Crippen LogP contribution in [0.4, 0.5) is 0 Å². The van der Waals surface area contributed by atoms with Crippen molar-refractivity contribution in [3.63, 3.8) is 0 Å². The second-order valence-electron chi connectivity index (χ2n) is 15.3. The van der Waals surface area contributed by atoms with Gasteiger partial charge in [0.1, 0.15) is 13.2 Å². The average molecular weight is 831 g/mol. The predicted molar refractivity (Wildman–Crippen MR) is 256 cm³/mol. The molecule has 0 aliphatic heterocycles. The molecule has 0 aromatic rings. The largest absolute Gasteiger partial charge is 0.462 e. The highest BCUT2D eigenvalue weighted by Gasteiger charge is 2.19. The summed E-state index contributed by atoms with van der Waals surface area (Å²) in [5, 5.41) is 0. The van der Waals surface area contributed by atoms with Crippen LogP contribution in [-0.4, -0.2) is 37.2 Å². The second-order valence-corrected chi connectivity index (χ2v) is 15.3. The lowest BCUT2D eigenvalue weighted by Crippen LogP contribution is -2.30. The quantitative estimate of drug-likeness (QED) is 0.0201. The van der Waals surface area contributed by atoms with Gasteiger partial charge in [-0.1, -0.05) is 182 Å². The summed E-state index contributed by atoms with van der Waals surface area (Å²) in [6, 6.07) is 0. The van der Waals surface area contributed by atoms with E-state index in [2.05, 4.69) is 118 Å². The molecule has 0 aliphatic rings. The number of carbonyl (C=O) groups is 3. The minimum atomic E-state index is -0.823. The van der Waals surface area contributed by atoms with Crippen molar-refractivity contribution in [2.24, 2.45) is 0 Å². The Labute approximate surface area is 368 Å². The van der Waals surface area contributed by atoms with E-state index in [1.165, 1.54) is 44.9 Å². The third-order valence-electron chi connectivity index (χ3n) is 9.52. The van der Waals surface area contributed by atoms with Crippen molar-refractivity contribution >= 4 is 17.9 Å². The molecule has 0 aliphatic carbocycles. The number of hydrogen-bond donors (Lipinski definition) is 0. The third-order valence-corrected chi connectivity index (χ3v) is 9.52. The lowest BCUT2D eigenvalue weighted by molar-refractivity contribution is -0.166. The molecule has 0 heterocycles. The van der Waals surface area contributed by atoms with Crippen LogP contribution in [0.3, 0.4) is 0 Å². The molecule has 0 amide bonds. The zero-order valence-electron chi connectivity index (χ0n) is 38.4. The van der Waals surface area contributed by atoms with Crippen LogP contribution in [0, 0.1) is 0 Å². The summed E-state index contributed by atoms with van der Waals surface area (Å²) in [6.45, 7) is 6.32. The molecule has 0 radical (unpaired) electrons. The van der Waals surface area contributed by atoms with Crippen molar-refractivity contribution in [3.05, 3.63) is 109 Å². The summed E-state index contributed by atoms with van der Waals surface area (Å²) in [4.78, 5) is 37.8. The molecule has 1 unspecified atom stereocenters. The van der Waals surface area contributed by atoms with Crippen LogP contribution in [0.15, 0.2) is 109 Å². The lowest BCUT2D eigenvalue weighted by atomic mass is 10.1. The predicted octanol–water partition coefficient (Wildman–Crippen LogP) is 15.6. The molecule has 0 fully saturated rings. The van der Waals surface area contributed by atoms with Gasteiger partial charge in [-0.15, -0.1) is 0 Å². The Hall–Kier alpha value is -3.93. The molecule has 0 saturated carbocycles. The number of rotatable bonds is 41. The Morgan fingerprint density at radius 1 is 0.367 bits per heavy atom. The standard InChI is InChI=1S/C54H86O6/c1-4-7-10-13-16-19-22-24-25-26-27-28-29-30-33-35-38-41-44-47-53(56)59-50-51(49-58-52(55)46-43-40-37-34-31-21-18-15-12-9-6-3)60-54(57)48-45-42-39-36-32-23-20-17-14-11-8-5-2/h7,10,15-21,24-25,27-28,30-31,33,38,41,51H,4-6,8-9,11-14,22-23,26,29,32,34-37,39-40,42-50H2,1-3H3/b10-7-,18-15-,19-16-,20-17-,25-24-,28-27-,31-21-,33-30-,41-38-. The number of carbonyl (C=O) groups excluding carboxylic acids is 3. The molecular formula is C54H86O6. The normalized spacial score (nSPS) is 13.1. The number of allylic oxidation sites excluding steroid dienone is 18. The molecule has 0 N–H and O–H groups in total. The topological polar surface area (TPSA) is 78.9 Å². The molecule has 6 heteroatoms. The Morgan fingerprint density at radius 2 is 0.750 bits per heavy atom. The van der Waals surface area contributed by atoms with Crippen LogP contribution < -0.4 is 0 Å². The Kier molecular flexibility index (Phi) is 44.6. The molecule has 0 bridgehead atoms. The van der Waals surface area contributed by atoms with Crippen molar-refractivity contribution in [2.75, 3.05) is 13.2 Å². The molecule has 338 valence electrons. The van der Waals surface area contributed by atoms with Gasteiger partial charge in [0.2, 0.25) is 0 Å². The Balaban J connectivity index is 4.54. The van der Waals surface area contributed by atoms with Gasteiger partial charge < -0.3 is 14.2 Å². The maximum Gasteiger partial charge on any atom is 0.306 e. The fraction of sp³-hybridized carbons (Fsp3) is 0.611. The zero-order chi connectivity index (χ0) is 43.7. The van der Waals surface area contributed by atoms with E-state index in [0.717, 1.165) is 103 Å². The van der Waals surface area contributed by atoms with Gasteiger partial charge in [-0.25, -0.2) is 0 Å². The highest BCUT2D eigenvalue weighted by atomic mass is 16.6. The minimum Gasteiger partial charge on any atom is -0.462 e. The van der Waals surface area contributed by atoms with Crippen LogP contribution in [0.1, 0.15) is 194 Å². The highest BCUT2D eigenvalue weighted by molar-refractivity contribution is 5.71. The molecule has 0 saturated heterocycles. The van der Waals surface area contributed by atoms with Gasteiger partial charge in [-0.05, 0) is 103 Å². The van der Waals surface area contributed by atoms with Crippen molar-refractivity contribution in [3.8, 4) is 0 Å². The van der Waals surface area contributed by atoms with E-state index < -0.39 is 6.10 Å². The van der Waals surface area contributed by atoms with E-state index in [0.29, 0.717) is 19.3 Å². The van der Waals surface area contributed by atoms with Crippen LogP contribution in [0.25, 0.3) is 0 Å². The van der Waals surface area contributed by atoms with Gasteiger partial charge in [-0.3, -0.25) is 14.4 Å². The fourth-order valence-electron chi connectivity index (χ4n) is 5.91. The Morgan fingerprint density at radius 3 is 1.28 bits per heavy atom. The zero-order valence-corrected chi connectivity index (χ0v) is 38.4. The summed E-state index contributed by atoms with van der Waals surface area (Å²) in [6.07, 6.45) is 63.7. The van der Waals surface area contributed by atoms with Crippen molar-refractivity contribution < 1.29 is 28.6 Å². The van der Waals surface area contributed by atoms with Crippen molar-refractivity contribution in [1.82, 2.24) is 0 Å². The van der Waals surface area contributed by atoms with Crippen LogP contribution in [-0.2, 0) is 28.6 Å². The lowest BCUT2D eigenvalue weighted by Gasteiger charge is -2.18. The van der Waals surface area contributed by atoms with Crippen LogP contribution >= 0.6 is 0 Å². The van der Waals surface area contributed by atoms with Gasteiger partial charge in [0.25, 0.3) is 0 Å². The van der Waals surface area contributed by atoms with Crippen LogP contribution in [0.5, 0.6) is 0 Å². The summed E-state index contributed by atoms with van der Waals surface area (Å²) in [7, 11) is 0. The second kappa shape index (κ2) is 47.7. The molecule has 60 heavy (non-hydrogen) atoms. The average Bonchev–Trinajstić information content (AvgIpc) is 3.24. The smallest absolute Gasteiger partial charge is 0.306 e. The van der Waals surface area contributed by atoms with E-state index in [4.69, 9.17) is 14.2 Å². The van der Waals surface area contributed by atoms with Gasteiger partial charge in [0, 0.05) is 19.3 Å². The van der Waals surface area contributed by atoms with Gasteiger partial charge >= 0.3 is 17.9 Å². The van der Waals surface area contributed by atoms with Gasteiger partial charge in [-0.2, -0.15) is 0 Å². The molecule has 0 aromatic carbocycles. The molecule has 0 rings (SSSR count). The maximum atomic E-state index is 12.7. The van der Waals surface area contributed by atoms with Crippen LogP contribution in [0.2, 0.25) is 0 Å². The first-order valence-corrected chi connectivity index (χ1v) is 23.9. The SMILES string of the molecule is CC/C=C\C/C=C\C/C=C\C/C=C\C/C=C\C/C=C\CCC(=O)OCC(COC(=O)CCCCC/C=C\C=C/CCCC)OC(=O)CCCCCCC/C=C\CCCCC. The highest BCUT2D eigenvalue weighted by Crippen LogP contribution is 2.11. The van der Waals surface area contributed by atoms with E-state index >= 15 is 0 Å². The monoisotopic (exact) mass is 831 g/mol. The van der Waals surface area contributed by atoms with E-state index in [1.54, 1.807) is 0 Å². The first-order chi connectivity index (χ1) is 29.5. The molecule has 0 spiro atoms. The number of ether oxygens (including phenoxy) is 3. The van der Waals surface area contributed by atoms with Crippen molar-refractivity contribution in [2.45, 2.75) is 200 Å². The number of unbranched alkanes of at least 4 members (excludes halogenated alkanes) is 13. The third kappa shape index (κ3) is 45.2. The van der Waals surface area contributed by atoms with E-state index in [-0.39, 0.29) is 37.5 Å². The number of esters is 3. The molecule has 6 nitrogen and oxygen atoms in total. The van der Waals surface area contributed by atoms with E-state index in [1.807, 2.05) is 12.2 Å². The van der Waals surface area contributed by atoms with Crippen molar-refractivity contribution in [1.29, 1.82) is 0 Å². The van der Waals surface area contributed by atoms with Gasteiger partial charge in [0.05, 0.1) is 0 Å². The summed E-state index contributed by atoms with van der Waals surface area (Å²) < 4.78 is 16.6. The van der Waals surface area contributed by atoms with E-state index in [9.17, 15) is 14.4 Å². The molecule has 1 atom stereocenters. The summed E-state index contributed by atoms with van der Waals surface area (Å²) >= 11 is 0.